The second-order valence-corrected chi connectivity index (χ2v) is 10.5. The van der Waals surface area contributed by atoms with Gasteiger partial charge in [0.1, 0.15) is 17.6 Å². The highest BCUT2D eigenvalue weighted by atomic mass is 32.1. The number of hydrogen-bond donors (Lipinski definition) is 1. The van der Waals surface area contributed by atoms with Gasteiger partial charge in [-0.05, 0) is 76.0 Å². The van der Waals surface area contributed by atoms with Crippen molar-refractivity contribution in [2.45, 2.75) is 33.2 Å². The van der Waals surface area contributed by atoms with Crippen molar-refractivity contribution in [1.82, 2.24) is 24.7 Å². The number of fused-ring (bicyclic) bond motifs is 2. The summed E-state index contributed by atoms with van der Waals surface area (Å²) in [7, 11) is 5.75. The van der Waals surface area contributed by atoms with Crippen LogP contribution in [0, 0.1) is 13.8 Å². The summed E-state index contributed by atoms with van der Waals surface area (Å²) in [4.78, 5) is 39.1. The SMILES string of the molecule is CC=O.CNC(=O)c1sc2cc(Oc3ccnn4cc(C(=O)N5CCC(N(C)C)C5)c(C)c34)ccc2c1C. The van der Waals surface area contributed by atoms with Crippen LogP contribution in [0.3, 0.4) is 0 Å². The molecule has 1 aliphatic rings. The van der Waals surface area contributed by atoms with Gasteiger partial charge in [-0.15, -0.1) is 11.3 Å². The van der Waals surface area contributed by atoms with E-state index in [4.69, 9.17) is 9.53 Å². The Morgan fingerprint density at radius 2 is 1.95 bits per heavy atom. The fraction of sp³-hybridized carbons (Fsp3) is 0.357. The molecule has 1 fully saturated rings. The molecule has 0 aliphatic carbocycles. The van der Waals surface area contributed by atoms with Crippen LogP contribution in [0.5, 0.6) is 11.5 Å². The molecule has 0 spiro atoms. The third-order valence-corrected chi connectivity index (χ3v) is 8.13. The van der Waals surface area contributed by atoms with Gasteiger partial charge in [0.05, 0.1) is 16.6 Å². The van der Waals surface area contributed by atoms with E-state index in [9.17, 15) is 9.59 Å². The molecule has 4 heterocycles. The van der Waals surface area contributed by atoms with Crippen LogP contribution >= 0.6 is 11.3 Å². The van der Waals surface area contributed by atoms with E-state index in [1.54, 1.807) is 24.0 Å². The predicted octanol–water partition coefficient (Wildman–Crippen LogP) is 4.30. The summed E-state index contributed by atoms with van der Waals surface area (Å²) < 4.78 is 9.00. The number of rotatable bonds is 5. The lowest BCUT2D eigenvalue weighted by Crippen LogP contribution is -2.34. The van der Waals surface area contributed by atoms with Crippen molar-refractivity contribution >= 4 is 45.0 Å². The Kier molecular flexibility index (Phi) is 8.13. The number of hydrogen-bond acceptors (Lipinski definition) is 7. The topological polar surface area (TPSA) is 96.2 Å². The van der Waals surface area contributed by atoms with Crippen molar-refractivity contribution in [3.63, 3.8) is 0 Å². The van der Waals surface area contributed by atoms with Gasteiger partial charge in [0.2, 0.25) is 0 Å². The van der Waals surface area contributed by atoms with Crippen molar-refractivity contribution in [1.29, 1.82) is 0 Å². The Labute approximate surface area is 226 Å². The molecule has 5 rings (SSSR count). The van der Waals surface area contributed by atoms with Crippen LogP contribution < -0.4 is 10.1 Å². The van der Waals surface area contributed by atoms with E-state index < -0.39 is 0 Å². The summed E-state index contributed by atoms with van der Waals surface area (Å²) in [5.41, 5.74) is 3.23. The maximum Gasteiger partial charge on any atom is 0.261 e. The molecule has 4 aromatic rings. The van der Waals surface area contributed by atoms with Crippen molar-refractivity contribution < 1.29 is 19.1 Å². The van der Waals surface area contributed by atoms with Gasteiger partial charge in [-0.1, -0.05) is 0 Å². The Morgan fingerprint density at radius 3 is 2.61 bits per heavy atom. The van der Waals surface area contributed by atoms with Crippen LogP contribution in [0.25, 0.3) is 15.6 Å². The molecule has 0 radical (unpaired) electrons. The number of aldehydes is 1. The summed E-state index contributed by atoms with van der Waals surface area (Å²) >= 11 is 1.45. The van der Waals surface area contributed by atoms with Crippen LogP contribution in [0.2, 0.25) is 0 Å². The lowest BCUT2D eigenvalue weighted by Gasteiger charge is -2.20. The van der Waals surface area contributed by atoms with Gasteiger partial charge in [0, 0.05) is 43.1 Å². The van der Waals surface area contributed by atoms with E-state index in [0.717, 1.165) is 52.5 Å². The molecular weight excluding hydrogens is 502 g/mol. The summed E-state index contributed by atoms with van der Waals surface area (Å²) in [5.74, 6) is 1.24. The first-order chi connectivity index (χ1) is 18.2. The molecular formula is C28H33N5O4S. The summed E-state index contributed by atoms with van der Waals surface area (Å²) in [6, 6.07) is 8.03. The number of likely N-dealkylation sites (N-methyl/N-ethyl adjacent to an activating group) is 1. The number of amides is 2. The molecule has 1 atom stereocenters. The molecule has 1 N–H and O–H groups in total. The van der Waals surface area contributed by atoms with Crippen LogP contribution in [0.15, 0.2) is 36.7 Å². The lowest BCUT2D eigenvalue weighted by molar-refractivity contribution is -0.106. The minimum absolute atomic E-state index is 0.0283. The predicted molar refractivity (Wildman–Crippen MR) is 150 cm³/mol. The number of carbonyl (C=O) groups is 3. The van der Waals surface area contributed by atoms with Gasteiger partial charge >= 0.3 is 0 Å². The number of likely N-dealkylation sites (tertiary alicyclic amines) is 1. The number of aryl methyl sites for hydroxylation is 2. The highest BCUT2D eigenvalue weighted by Gasteiger charge is 2.30. The number of benzene rings is 1. The quantitative estimate of drug-likeness (QED) is 0.383. The van der Waals surface area contributed by atoms with E-state index in [2.05, 4.69) is 29.4 Å². The zero-order chi connectivity index (χ0) is 27.6. The summed E-state index contributed by atoms with van der Waals surface area (Å²) in [5, 5.41) is 8.16. The molecule has 0 saturated carbocycles. The molecule has 1 aromatic carbocycles. The number of carbonyl (C=O) groups excluding carboxylic acids is 3. The fourth-order valence-electron chi connectivity index (χ4n) is 4.77. The molecule has 2 amide bonds. The smallest absolute Gasteiger partial charge is 0.261 e. The molecule has 0 bridgehead atoms. The second-order valence-electron chi connectivity index (χ2n) is 9.44. The minimum Gasteiger partial charge on any atom is -0.455 e. The largest absolute Gasteiger partial charge is 0.455 e. The second kappa shape index (κ2) is 11.3. The number of nitrogens with one attached hydrogen (secondary N) is 1. The van der Waals surface area contributed by atoms with E-state index in [0.29, 0.717) is 28.0 Å². The molecule has 1 unspecified atom stereocenters. The van der Waals surface area contributed by atoms with E-state index in [1.807, 2.05) is 43.0 Å². The van der Waals surface area contributed by atoms with Crippen molar-refractivity contribution in [2.24, 2.45) is 0 Å². The first-order valence-corrected chi connectivity index (χ1v) is 13.3. The molecule has 200 valence electrons. The average molecular weight is 536 g/mol. The number of ether oxygens (including phenoxy) is 1. The maximum atomic E-state index is 13.3. The van der Waals surface area contributed by atoms with Crippen molar-refractivity contribution in [3.05, 3.63) is 58.2 Å². The number of aromatic nitrogens is 2. The average Bonchev–Trinajstić information content (AvgIpc) is 3.60. The van der Waals surface area contributed by atoms with Gasteiger partial charge in [0.15, 0.2) is 5.75 Å². The molecule has 1 aliphatic heterocycles. The van der Waals surface area contributed by atoms with Crippen molar-refractivity contribution in [2.75, 3.05) is 34.2 Å². The van der Waals surface area contributed by atoms with Crippen LogP contribution in [-0.2, 0) is 4.79 Å². The highest BCUT2D eigenvalue weighted by molar-refractivity contribution is 7.21. The summed E-state index contributed by atoms with van der Waals surface area (Å²) in [6.45, 7) is 6.83. The summed E-state index contributed by atoms with van der Waals surface area (Å²) in [6.07, 6.45) is 5.19. The number of nitrogens with zero attached hydrogens (tertiary/aromatic N) is 4. The molecule has 3 aromatic heterocycles. The maximum absolute atomic E-state index is 13.3. The zero-order valence-corrected chi connectivity index (χ0v) is 23.4. The van der Waals surface area contributed by atoms with Gasteiger partial charge in [-0.25, -0.2) is 4.52 Å². The Hall–Kier alpha value is -3.76. The van der Waals surface area contributed by atoms with Crippen LogP contribution in [0.4, 0.5) is 0 Å². The van der Waals surface area contributed by atoms with Crippen LogP contribution in [-0.4, -0.2) is 77.8 Å². The normalized spacial score (nSPS) is 15.0. The highest BCUT2D eigenvalue weighted by Crippen LogP contribution is 2.36. The Morgan fingerprint density at radius 1 is 1.21 bits per heavy atom. The Balaban J connectivity index is 0.00000107. The van der Waals surface area contributed by atoms with Crippen LogP contribution in [0.1, 0.15) is 44.5 Å². The van der Waals surface area contributed by atoms with Gasteiger partial charge in [0.25, 0.3) is 11.8 Å². The van der Waals surface area contributed by atoms with Gasteiger partial charge in [-0.2, -0.15) is 5.10 Å². The monoisotopic (exact) mass is 535 g/mol. The molecule has 1 saturated heterocycles. The molecule has 38 heavy (non-hydrogen) atoms. The van der Waals surface area contributed by atoms with Gasteiger partial charge in [-0.3, -0.25) is 9.59 Å². The lowest BCUT2D eigenvalue weighted by atomic mass is 10.1. The first kappa shape index (κ1) is 27.3. The molecule has 9 nitrogen and oxygen atoms in total. The third kappa shape index (κ3) is 5.14. The van der Waals surface area contributed by atoms with Crippen molar-refractivity contribution in [3.8, 4) is 11.5 Å². The minimum atomic E-state index is -0.0853. The van der Waals surface area contributed by atoms with Gasteiger partial charge < -0.3 is 24.6 Å². The first-order valence-electron chi connectivity index (χ1n) is 12.5. The molecule has 10 heteroatoms. The van der Waals surface area contributed by atoms with E-state index in [1.165, 1.54) is 18.3 Å². The van der Waals surface area contributed by atoms with E-state index in [-0.39, 0.29) is 11.8 Å². The standard InChI is InChI=1S/C26H29N5O3S.C2H4O/c1-15-20(26(33)30-11-9-17(13-30)29(4)5)14-31-23(15)21(8-10-28-31)34-18-6-7-19-16(2)24(25(32)27-3)35-22(19)12-18;1-2-3/h6-8,10,12,14,17H,9,11,13H2,1-5H3,(H,27,32);2H,1H3. The van der Waals surface area contributed by atoms with E-state index >= 15 is 0 Å². The Bertz CT molecular complexity index is 1510. The third-order valence-electron chi connectivity index (χ3n) is 6.87. The number of thiophene rings is 1. The fourth-order valence-corrected chi connectivity index (χ4v) is 5.95. The zero-order valence-electron chi connectivity index (χ0n) is 22.6.